The maximum absolute atomic E-state index is 9.51. The Kier molecular flexibility index (Phi) is 8.18. The van der Waals surface area contributed by atoms with Gasteiger partial charge in [0.2, 0.25) is 5.95 Å². The zero-order chi connectivity index (χ0) is 23.1. The van der Waals surface area contributed by atoms with E-state index in [0.717, 1.165) is 50.8 Å². The van der Waals surface area contributed by atoms with Crippen molar-refractivity contribution in [2.24, 2.45) is 17.4 Å². The predicted octanol–water partition coefficient (Wildman–Crippen LogP) is 3.15. The average Bonchev–Trinajstić information content (AvgIpc) is 3.21. The molecular weight excluding hydrogens is 424 g/mol. The van der Waals surface area contributed by atoms with Gasteiger partial charge in [-0.05, 0) is 32.3 Å². The Morgan fingerprint density at radius 1 is 1.19 bits per heavy atom. The third-order valence-corrected chi connectivity index (χ3v) is 6.42. The number of aromatic nitrogens is 4. The minimum Gasteiger partial charge on any atom is -0.403 e. The van der Waals surface area contributed by atoms with Crippen LogP contribution in [0.15, 0.2) is 24.2 Å². The van der Waals surface area contributed by atoms with Crippen LogP contribution in [0.3, 0.4) is 0 Å². The number of anilines is 2. The molecule has 1 atom stereocenters. The number of hydrogen-bond donors (Lipinski definition) is 5. The van der Waals surface area contributed by atoms with Crippen molar-refractivity contribution in [3.05, 3.63) is 35.5 Å². The monoisotopic (exact) mass is 456 g/mol. The molecule has 3 heterocycles. The standard InChI is InChI=1S/C22H32N8OS/c1-4-15(12-31)5-8-26-20-18(21-29-19-14(3)25-10-7-17(19)32-21)13(2)28-22(30-20)27-9-6-16(24)11-23/h7,10-11,15,31H,4-6,8-9,12,23-24H2,1-3H3,(H2,26,27,28,30)/b16-11-. The molecule has 0 bridgehead atoms. The van der Waals surface area contributed by atoms with Gasteiger partial charge < -0.3 is 27.2 Å². The highest BCUT2D eigenvalue weighted by Crippen LogP contribution is 2.36. The number of pyridine rings is 1. The topological polar surface area (TPSA) is 148 Å². The highest BCUT2D eigenvalue weighted by atomic mass is 32.1. The van der Waals surface area contributed by atoms with Gasteiger partial charge in [0.05, 0.1) is 21.7 Å². The lowest BCUT2D eigenvalue weighted by atomic mass is 10.0. The quantitative estimate of drug-likeness (QED) is 0.293. The Morgan fingerprint density at radius 2 is 2.00 bits per heavy atom. The van der Waals surface area contributed by atoms with E-state index < -0.39 is 0 Å². The fraction of sp³-hybridized carbons (Fsp3) is 0.455. The Morgan fingerprint density at radius 3 is 2.69 bits per heavy atom. The van der Waals surface area contributed by atoms with Crippen molar-refractivity contribution in [2.45, 2.75) is 40.0 Å². The van der Waals surface area contributed by atoms with Crippen molar-refractivity contribution in [3.8, 4) is 10.6 Å². The summed E-state index contributed by atoms with van der Waals surface area (Å²) in [5.41, 5.74) is 15.3. The van der Waals surface area contributed by atoms with Gasteiger partial charge in [-0.1, -0.05) is 13.3 Å². The highest BCUT2D eigenvalue weighted by molar-refractivity contribution is 7.21. The van der Waals surface area contributed by atoms with Gasteiger partial charge in [-0.3, -0.25) is 4.98 Å². The molecule has 10 heteroatoms. The lowest BCUT2D eigenvalue weighted by Crippen LogP contribution is -2.15. The fourth-order valence-corrected chi connectivity index (χ4v) is 4.46. The van der Waals surface area contributed by atoms with Crippen LogP contribution in [-0.4, -0.2) is 44.7 Å². The zero-order valence-electron chi connectivity index (χ0n) is 18.9. The molecule has 0 aliphatic carbocycles. The molecular formula is C22H32N8OS. The van der Waals surface area contributed by atoms with Crippen LogP contribution in [0, 0.1) is 19.8 Å². The van der Waals surface area contributed by atoms with E-state index >= 15 is 0 Å². The second-order valence-corrected chi connectivity index (χ2v) is 8.74. The molecule has 1 unspecified atom stereocenters. The van der Waals surface area contributed by atoms with Crippen molar-refractivity contribution in [2.75, 3.05) is 30.3 Å². The minimum atomic E-state index is 0.181. The van der Waals surface area contributed by atoms with Gasteiger partial charge in [0.25, 0.3) is 0 Å². The zero-order valence-corrected chi connectivity index (χ0v) is 19.7. The van der Waals surface area contributed by atoms with Crippen LogP contribution >= 0.6 is 11.3 Å². The summed E-state index contributed by atoms with van der Waals surface area (Å²) in [6, 6.07) is 1.98. The maximum Gasteiger partial charge on any atom is 0.224 e. The van der Waals surface area contributed by atoms with Gasteiger partial charge in [-0.2, -0.15) is 4.98 Å². The van der Waals surface area contributed by atoms with Gasteiger partial charge >= 0.3 is 0 Å². The largest absolute Gasteiger partial charge is 0.403 e. The van der Waals surface area contributed by atoms with E-state index in [1.165, 1.54) is 6.20 Å². The van der Waals surface area contributed by atoms with E-state index in [2.05, 4.69) is 27.5 Å². The summed E-state index contributed by atoms with van der Waals surface area (Å²) in [6.45, 7) is 7.45. The van der Waals surface area contributed by atoms with Crippen molar-refractivity contribution in [3.63, 3.8) is 0 Å². The molecule has 0 radical (unpaired) electrons. The van der Waals surface area contributed by atoms with Crippen molar-refractivity contribution in [1.29, 1.82) is 0 Å². The number of nitrogens with two attached hydrogens (primary N) is 2. The van der Waals surface area contributed by atoms with Gasteiger partial charge in [0.15, 0.2) is 0 Å². The smallest absolute Gasteiger partial charge is 0.224 e. The van der Waals surface area contributed by atoms with Crippen molar-refractivity contribution in [1.82, 2.24) is 19.9 Å². The number of fused-ring (bicyclic) bond motifs is 1. The first-order chi connectivity index (χ1) is 15.5. The molecule has 172 valence electrons. The van der Waals surface area contributed by atoms with Crippen LogP contribution < -0.4 is 22.1 Å². The molecule has 3 rings (SSSR count). The number of nitrogens with zero attached hydrogens (tertiary/aromatic N) is 4. The lowest BCUT2D eigenvalue weighted by molar-refractivity contribution is 0.217. The summed E-state index contributed by atoms with van der Waals surface area (Å²) in [7, 11) is 0. The van der Waals surface area contributed by atoms with E-state index in [0.29, 0.717) is 31.2 Å². The predicted molar refractivity (Wildman–Crippen MR) is 131 cm³/mol. The molecule has 3 aromatic heterocycles. The number of thiazole rings is 1. The van der Waals surface area contributed by atoms with Crippen LogP contribution in [0.25, 0.3) is 20.8 Å². The van der Waals surface area contributed by atoms with Gasteiger partial charge in [-0.25, -0.2) is 9.97 Å². The highest BCUT2D eigenvalue weighted by Gasteiger charge is 2.19. The molecule has 0 spiro atoms. The average molecular weight is 457 g/mol. The Hall–Kier alpha value is -2.98. The Balaban J connectivity index is 1.93. The van der Waals surface area contributed by atoms with Gasteiger partial charge in [0, 0.05) is 44.2 Å². The van der Waals surface area contributed by atoms with Crippen molar-refractivity contribution < 1.29 is 5.11 Å². The van der Waals surface area contributed by atoms with E-state index in [-0.39, 0.29) is 12.5 Å². The summed E-state index contributed by atoms with van der Waals surface area (Å²) >= 11 is 1.60. The van der Waals surface area contributed by atoms with Crippen molar-refractivity contribution >= 4 is 33.3 Å². The molecule has 32 heavy (non-hydrogen) atoms. The van der Waals surface area contributed by atoms with E-state index in [1.807, 2.05) is 19.9 Å². The van der Waals surface area contributed by atoms with Gasteiger partial charge in [-0.15, -0.1) is 11.3 Å². The molecule has 0 aliphatic heterocycles. The summed E-state index contributed by atoms with van der Waals surface area (Å²) in [5.74, 6) is 1.50. The van der Waals surface area contributed by atoms with Crippen LogP contribution in [0.5, 0.6) is 0 Å². The molecule has 0 saturated carbocycles. The van der Waals surface area contributed by atoms with Crippen LogP contribution in [-0.2, 0) is 0 Å². The molecule has 0 fully saturated rings. The summed E-state index contributed by atoms with van der Waals surface area (Å²) in [6.07, 6.45) is 5.58. The molecule has 3 aromatic rings. The molecule has 0 aliphatic rings. The van der Waals surface area contributed by atoms with Crippen LogP contribution in [0.1, 0.15) is 37.6 Å². The fourth-order valence-electron chi connectivity index (χ4n) is 3.35. The molecule has 0 amide bonds. The number of nitrogens with one attached hydrogen (secondary N) is 2. The van der Waals surface area contributed by atoms with E-state index in [9.17, 15) is 5.11 Å². The van der Waals surface area contributed by atoms with E-state index in [4.69, 9.17) is 21.4 Å². The number of aryl methyl sites for hydroxylation is 2. The Labute approximate surface area is 192 Å². The summed E-state index contributed by atoms with van der Waals surface area (Å²) in [4.78, 5) is 18.6. The Bertz CT molecular complexity index is 1080. The van der Waals surface area contributed by atoms with Crippen LogP contribution in [0.4, 0.5) is 11.8 Å². The number of rotatable bonds is 11. The van der Waals surface area contributed by atoms with Gasteiger partial charge in [0.1, 0.15) is 16.3 Å². The molecule has 0 saturated heterocycles. The number of aliphatic hydroxyl groups excluding tert-OH is 1. The molecule has 0 aromatic carbocycles. The summed E-state index contributed by atoms with van der Waals surface area (Å²) < 4.78 is 1.08. The summed E-state index contributed by atoms with van der Waals surface area (Å²) in [5, 5.41) is 17.0. The SMILES string of the molecule is CCC(CO)CCNc1nc(NCC/C(N)=C/N)nc(C)c1-c1nc2c(C)nccc2s1. The van der Waals surface area contributed by atoms with Crippen LogP contribution in [0.2, 0.25) is 0 Å². The lowest BCUT2D eigenvalue weighted by Gasteiger charge is -2.16. The normalized spacial score (nSPS) is 12.8. The third-order valence-electron chi connectivity index (χ3n) is 5.39. The first-order valence-corrected chi connectivity index (χ1v) is 11.6. The first kappa shape index (κ1) is 23.7. The molecule has 7 N–H and O–H groups in total. The maximum atomic E-state index is 9.51. The third kappa shape index (κ3) is 5.63. The first-order valence-electron chi connectivity index (χ1n) is 10.8. The second-order valence-electron chi connectivity index (χ2n) is 7.71. The second kappa shape index (κ2) is 11.1. The van der Waals surface area contributed by atoms with E-state index in [1.54, 1.807) is 17.5 Å². The molecule has 9 nitrogen and oxygen atoms in total. The minimum absolute atomic E-state index is 0.181. The number of hydrogen-bond acceptors (Lipinski definition) is 10. The number of aliphatic hydroxyl groups is 1.